The lowest BCUT2D eigenvalue weighted by atomic mass is 10.1. The maximum Gasteiger partial charge on any atom is 0.421 e. The molecular formula is C22H16F3N3O5. The van der Waals surface area contributed by atoms with Gasteiger partial charge in [-0.05, 0) is 36.4 Å². The number of aromatic nitrogens is 1. The van der Waals surface area contributed by atoms with Gasteiger partial charge in [-0.25, -0.2) is 0 Å². The summed E-state index contributed by atoms with van der Waals surface area (Å²) in [5.74, 6) is -0.299. The van der Waals surface area contributed by atoms with Crippen LogP contribution in [0.15, 0.2) is 65.6 Å². The Hall–Kier alpha value is -4.28. The van der Waals surface area contributed by atoms with Crippen molar-refractivity contribution in [2.24, 2.45) is 0 Å². The van der Waals surface area contributed by atoms with E-state index in [0.717, 1.165) is 12.3 Å². The Morgan fingerprint density at radius 1 is 0.970 bits per heavy atom. The number of anilines is 2. The summed E-state index contributed by atoms with van der Waals surface area (Å²) in [5.41, 5.74) is -2.04. The van der Waals surface area contributed by atoms with Crippen molar-refractivity contribution >= 4 is 23.2 Å². The SMILES string of the molecule is O=C(Cn1cccc(C(F)(F)F)c1=O)Nc1ccccc1C(=O)Nc1ccc2c(c1)OCO2. The minimum absolute atomic E-state index is 0.0799. The monoisotopic (exact) mass is 459 g/mol. The third-order valence-electron chi connectivity index (χ3n) is 4.72. The van der Waals surface area contributed by atoms with Crippen molar-refractivity contribution in [3.8, 4) is 11.5 Å². The first-order chi connectivity index (χ1) is 15.7. The van der Waals surface area contributed by atoms with Crippen LogP contribution in [-0.2, 0) is 17.5 Å². The molecule has 0 unspecified atom stereocenters. The van der Waals surface area contributed by atoms with Crippen molar-refractivity contribution in [2.45, 2.75) is 12.7 Å². The summed E-state index contributed by atoms with van der Waals surface area (Å²) in [7, 11) is 0. The minimum atomic E-state index is -4.84. The molecule has 2 heterocycles. The maximum atomic E-state index is 12.9. The van der Waals surface area contributed by atoms with Crippen LogP contribution in [0.3, 0.4) is 0 Å². The molecule has 11 heteroatoms. The molecule has 0 spiro atoms. The highest BCUT2D eigenvalue weighted by Crippen LogP contribution is 2.34. The van der Waals surface area contributed by atoms with Crippen LogP contribution in [0, 0.1) is 0 Å². The maximum absolute atomic E-state index is 12.9. The number of nitrogens with one attached hydrogen (secondary N) is 2. The van der Waals surface area contributed by atoms with E-state index in [0.29, 0.717) is 27.8 Å². The number of halogens is 3. The van der Waals surface area contributed by atoms with Gasteiger partial charge in [-0.3, -0.25) is 14.4 Å². The average Bonchev–Trinajstić information content (AvgIpc) is 3.22. The first-order valence-electron chi connectivity index (χ1n) is 9.59. The van der Waals surface area contributed by atoms with Crippen molar-refractivity contribution in [3.63, 3.8) is 0 Å². The van der Waals surface area contributed by atoms with Crippen molar-refractivity contribution < 1.29 is 32.2 Å². The molecule has 0 fully saturated rings. The smallest absolute Gasteiger partial charge is 0.421 e. The molecule has 0 saturated carbocycles. The number of ether oxygens (including phenoxy) is 2. The topological polar surface area (TPSA) is 98.7 Å². The van der Waals surface area contributed by atoms with Crippen LogP contribution in [0.25, 0.3) is 0 Å². The Morgan fingerprint density at radius 2 is 1.73 bits per heavy atom. The van der Waals surface area contributed by atoms with Gasteiger partial charge >= 0.3 is 6.18 Å². The van der Waals surface area contributed by atoms with Crippen molar-refractivity contribution in [1.82, 2.24) is 4.57 Å². The number of amides is 2. The Morgan fingerprint density at radius 3 is 2.52 bits per heavy atom. The molecule has 0 bridgehead atoms. The van der Waals surface area contributed by atoms with Crippen molar-refractivity contribution in [3.05, 3.63) is 82.3 Å². The number of rotatable bonds is 5. The lowest BCUT2D eigenvalue weighted by Gasteiger charge is -2.13. The fourth-order valence-electron chi connectivity index (χ4n) is 3.18. The first kappa shape index (κ1) is 21.9. The van der Waals surface area contributed by atoms with E-state index < -0.39 is 35.7 Å². The van der Waals surface area contributed by atoms with Gasteiger partial charge in [0.2, 0.25) is 12.7 Å². The summed E-state index contributed by atoms with van der Waals surface area (Å²) in [6, 6.07) is 12.6. The molecule has 8 nitrogen and oxygen atoms in total. The van der Waals surface area contributed by atoms with Crippen LogP contribution < -0.4 is 25.7 Å². The van der Waals surface area contributed by atoms with E-state index in [9.17, 15) is 27.6 Å². The quantitative estimate of drug-likeness (QED) is 0.609. The average molecular weight is 459 g/mol. The predicted octanol–water partition coefficient (Wildman–Crippen LogP) is 3.49. The van der Waals surface area contributed by atoms with E-state index in [1.165, 1.54) is 12.1 Å². The molecule has 0 aliphatic carbocycles. The largest absolute Gasteiger partial charge is 0.454 e. The van der Waals surface area contributed by atoms with Gasteiger partial charge in [0.15, 0.2) is 11.5 Å². The number of para-hydroxylation sites is 1. The molecule has 2 N–H and O–H groups in total. The molecule has 0 radical (unpaired) electrons. The number of hydrogen-bond acceptors (Lipinski definition) is 5. The van der Waals surface area contributed by atoms with Crippen LogP contribution >= 0.6 is 0 Å². The minimum Gasteiger partial charge on any atom is -0.454 e. The van der Waals surface area contributed by atoms with Crippen LogP contribution in [0.2, 0.25) is 0 Å². The van der Waals surface area contributed by atoms with E-state index >= 15 is 0 Å². The lowest BCUT2D eigenvalue weighted by molar-refractivity contribution is -0.139. The normalized spacial score (nSPS) is 12.3. The summed E-state index contributed by atoms with van der Waals surface area (Å²) in [5, 5.41) is 5.15. The highest BCUT2D eigenvalue weighted by atomic mass is 19.4. The van der Waals surface area contributed by atoms with Gasteiger partial charge in [-0.15, -0.1) is 0 Å². The van der Waals surface area contributed by atoms with Gasteiger partial charge < -0.3 is 24.7 Å². The standard InChI is InChI=1S/C22H16F3N3O5/c23-22(24,25)15-5-3-9-28(21(15)31)11-19(29)27-16-6-2-1-4-14(16)20(30)26-13-7-8-17-18(10-13)33-12-32-17/h1-10H,11-12H2,(H,26,30)(H,27,29). The number of nitrogens with zero attached hydrogens (tertiary/aromatic N) is 1. The summed E-state index contributed by atoms with van der Waals surface area (Å²) in [4.78, 5) is 37.3. The molecule has 1 aliphatic rings. The van der Waals surface area contributed by atoms with Crippen LogP contribution in [0.1, 0.15) is 15.9 Å². The Kier molecular flexibility index (Phi) is 5.78. The molecule has 0 saturated heterocycles. The number of carbonyl (C=O) groups is 2. The van der Waals surface area contributed by atoms with Crippen LogP contribution in [0.5, 0.6) is 11.5 Å². The Bertz CT molecular complexity index is 1290. The van der Waals surface area contributed by atoms with E-state index in [1.807, 2.05) is 0 Å². The van der Waals surface area contributed by atoms with Gasteiger partial charge in [0.05, 0.1) is 11.3 Å². The third-order valence-corrected chi connectivity index (χ3v) is 4.72. The number of hydrogen-bond donors (Lipinski definition) is 2. The van der Waals surface area contributed by atoms with E-state index in [2.05, 4.69) is 10.6 Å². The van der Waals surface area contributed by atoms with Crippen LogP contribution in [0.4, 0.5) is 24.5 Å². The van der Waals surface area contributed by atoms with E-state index in [-0.39, 0.29) is 18.0 Å². The van der Waals surface area contributed by atoms with Gasteiger partial charge in [0.25, 0.3) is 11.5 Å². The molecule has 1 aromatic heterocycles. The van der Waals surface area contributed by atoms with Gasteiger partial charge in [-0.2, -0.15) is 13.2 Å². The molecule has 3 aromatic rings. The first-order valence-corrected chi connectivity index (χ1v) is 9.59. The lowest BCUT2D eigenvalue weighted by Crippen LogP contribution is -2.32. The van der Waals surface area contributed by atoms with Crippen molar-refractivity contribution in [1.29, 1.82) is 0 Å². The van der Waals surface area contributed by atoms with E-state index in [4.69, 9.17) is 9.47 Å². The fourth-order valence-corrected chi connectivity index (χ4v) is 3.18. The highest BCUT2D eigenvalue weighted by molar-refractivity contribution is 6.10. The molecule has 0 atom stereocenters. The van der Waals surface area contributed by atoms with Gasteiger partial charge in [0, 0.05) is 18.0 Å². The number of alkyl halides is 3. The second-order valence-corrected chi connectivity index (χ2v) is 6.97. The molecular weight excluding hydrogens is 443 g/mol. The summed E-state index contributed by atoms with van der Waals surface area (Å²) in [6.07, 6.45) is -3.76. The number of carbonyl (C=O) groups excluding carboxylic acids is 2. The summed E-state index contributed by atoms with van der Waals surface area (Å²) >= 11 is 0. The number of fused-ring (bicyclic) bond motifs is 1. The summed E-state index contributed by atoms with van der Waals surface area (Å²) in [6.45, 7) is -0.586. The molecule has 4 rings (SSSR count). The van der Waals surface area contributed by atoms with Crippen molar-refractivity contribution in [2.75, 3.05) is 17.4 Å². The zero-order valence-electron chi connectivity index (χ0n) is 16.8. The summed E-state index contributed by atoms with van der Waals surface area (Å²) < 4.78 is 49.9. The second kappa shape index (κ2) is 8.69. The number of pyridine rings is 1. The highest BCUT2D eigenvalue weighted by Gasteiger charge is 2.34. The molecule has 2 amide bonds. The van der Waals surface area contributed by atoms with Crippen LogP contribution in [-0.4, -0.2) is 23.2 Å². The molecule has 2 aromatic carbocycles. The third kappa shape index (κ3) is 4.81. The fraction of sp³-hybridized carbons (Fsp3) is 0.136. The zero-order valence-corrected chi connectivity index (χ0v) is 16.8. The molecule has 170 valence electrons. The van der Waals surface area contributed by atoms with Gasteiger partial charge in [-0.1, -0.05) is 12.1 Å². The second-order valence-electron chi connectivity index (χ2n) is 6.97. The zero-order chi connectivity index (χ0) is 23.6. The molecule has 1 aliphatic heterocycles. The Balaban J connectivity index is 1.49. The van der Waals surface area contributed by atoms with E-state index in [1.54, 1.807) is 30.3 Å². The molecule has 33 heavy (non-hydrogen) atoms. The Labute approximate surface area is 184 Å². The predicted molar refractivity (Wildman–Crippen MR) is 111 cm³/mol. The number of benzene rings is 2. The van der Waals surface area contributed by atoms with Gasteiger partial charge in [0.1, 0.15) is 12.1 Å².